The summed E-state index contributed by atoms with van der Waals surface area (Å²) in [6.45, 7) is 7.72. The van der Waals surface area contributed by atoms with Crippen molar-refractivity contribution in [1.82, 2.24) is 5.32 Å². The highest BCUT2D eigenvalue weighted by Gasteiger charge is 2.13. The van der Waals surface area contributed by atoms with E-state index in [1.807, 2.05) is 69.3 Å². The number of amides is 2. The van der Waals surface area contributed by atoms with Gasteiger partial charge in [-0.25, -0.2) is 4.79 Å². The Morgan fingerprint density at radius 1 is 1.13 bits per heavy atom. The maximum absolute atomic E-state index is 12.4. The van der Waals surface area contributed by atoms with Crippen molar-refractivity contribution in [2.45, 2.75) is 27.3 Å². The molecule has 0 fully saturated rings. The second-order valence-electron chi connectivity index (χ2n) is 5.32. The molecule has 0 saturated heterocycles. The monoisotopic (exact) mass is 312 g/mol. The third kappa shape index (κ3) is 4.74. The molecule has 2 aromatic rings. The van der Waals surface area contributed by atoms with Crippen molar-refractivity contribution in [3.8, 4) is 5.75 Å². The van der Waals surface area contributed by atoms with Crippen molar-refractivity contribution in [2.75, 3.05) is 18.1 Å². The fraction of sp³-hybridized carbons (Fsp3) is 0.316. The normalized spacial score (nSPS) is 10.2. The van der Waals surface area contributed by atoms with Crippen molar-refractivity contribution in [3.05, 3.63) is 59.7 Å². The molecule has 0 aliphatic rings. The SMILES string of the molecule is CCOc1ccc(CNC(=O)N(CC)c2cccc(C)c2)cc1. The average molecular weight is 312 g/mol. The third-order valence-electron chi connectivity index (χ3n) is 3.55. The van der Waals surface area contributed by atoms with Gasteiger partial charge in [-0.15, -0.1) is 0 Å². The molecule has 1 N–H and O–H groups in total. The number of aryl methyl sites for hydroxylation is 1. The molecular weight excluding hydrogens is 288 g/mol. The Morgan fingerprint density at radius 3 is 2.48 bits per heavy atom. The molecule has 2 rings (SSSR count). The molecule has 0 aliphatic heterocycles. The molecule has 0 atom stereocenters. The maximum atomic E-state index is 12.4. The van der Waals surface area contributed by atoms with Gasteiger partial charge in [0.05, 0.1) is 6.61 Å². The first-order valence-electron chi connectivity index (χ1n) is 7.97. The summed E-state index contributed by atoms with van der Waals surface area (Å²) in [5.41, 5.74) is 3.10. The van der Waals surface area contributed by atoms with Crippen molar-refractivity contribution in [3.63, 3.8) is 0 Å². The Bertz CT molecular complexity index is 638. The van der Waals surface area contributed by atoms with Gasteiger partial charge in [-0.1, -0.05) is 24.3 Å². The summed E-state index contributed by atoms with van der Waals surface area (Å²) >= 11 is 0. The van der Waals surface area contributed by atoms with Gasteiger partial charge in [-0.2, -0.15) is 0 Å². The molecule has 0 bridgehead atoms. The molecule has 23 heavy (non-hydrogen) atoms. The fourth-order valence-electron chi connectivity index (χ4n) is 2.38. The highest BCUT2D eigenvalue weighted by atomic mass is 16.5. The minimum Gasteiger partial charge on any atom is -0.494 e. The highest BCUT2D eigenvalue weighted by molar-refractivity contribution is 5.91. The van der Waals surface area contributed by atoms with Gasteiger partial charge in [-0.3, -0.25) is 4.90 Å². The fourth-order valence-corrected chi connectivity index (χ4v) is 2.38. The van der Waals surface area contributed by atoms with Crippen LogP contribution in [-0.4, -0.2) is 19.2 Å². The predicted octanol–water partition coefficient (Wildman–Crippen LogP) is 4.13. The summed E-state index contributed by atoms with van der Waals surface area (Å²) in [6, 6.07) is 15.6. The van der Waals surface area contributed by atoms with Crippen LogP contribution in [0.25, 0.3) is 0 Å². The standard InChI is InChI=1S/C19H24N2O2/c1-4-21(17-8-6-7-15(3)13-17)19(22)20-14-16-9-11-18(12-10-16)23-5-2/h6-13H,4-5,14H2,1-3H3,(H,20,22). The summed E-state index contributed by atoms with van der Waals surface area (Å²) in [5, 5.41) is 2.97. The Morgan fingerprint density at radius 2 is 1.87 bits per heavy atom. The van der Waals surface area contributed by atoms with Crippen LogP contribution in [0.1, 0.15) is 25.0 Å². The van der Waals surface area contributed by atoms with E-state index in [1.165, 1.54) is 0 Å². The van der Waals surface area contributed by atoms with E-state index in [1.54, 1.807) is 4.90 Å². The molecular formula is C19H24N2O2. The van der Waals surface area contributed by atoms with E-state index in [0.717, 1.165) is 22.6 Å². The molecule has 4 heteroatoms. The van der Waals surface area contributed by atoms with Crippen LogP contribution in [0, 0.1) is 6.92 Å². The van der Waals surface area contributed by atoms with Crippen LogP contribution in [0.4, 0.5) is 10.5 Å². The molecule has 0 saturated carbocycles. The number of carbonyl (C=O) groups excluding carboxylic acids is 1. The molecule has 2 aromatic carbocycles. The van der Waals surface area contributed by atoms with Gasteiger partial charge in [0, 0.05) is 18.8 Å². The Balaban J connectivity index is 1.97. The molecule has 0 aliphatic carbocycles. The second-order valence-corrected chi connectivity index (χ2v) is 5.32. The second kappa shape index (κ2) is 8.22. The predicted molar refractivity (Wildman–Crippen MR) is 94.0 cm³/mol. The number of carbonyl (C=O) groups is 1. The number of urea groups is 1. The molecule has 122 valence electrons. The van der Waals surface area contributed by atoms with Gasteiger partial charge in [0.15, 0.2) is 0 Å². The largest absolute Gasteiger partial charge is 0.494 e. The lowest BCUT2D eigenvalue weighted by atomic mass is 10.2. The minimum atomic E-state index is -0.0908. The lowest BCUT2D eigenvalue weighted by Crippen LogP contribution is -2.39. The smallest absolute Gasteiger partial charge is 0.322 e. The Kier molecular flexibility index (Phi) is 6.03. The van der Waals surface area contributed by atoms with Crippen molar-refractivity contribution >= 4 is 11.7 Å². The lowest BCUT2D eigenvalue weighted by molar-refractivity contribution is 0.246. The van der Waals surface area contributed by atoms with Crippen molar-refractivity contribution in [2.24, 2.45) is 0 Å². The highest BCUT2D eigenvalue weighted by Crippen LogP contribution is 2.16. The number of ether oxygens (including phenoxy) is 1. The average Bonchev–Trinajstić information content (AvgIpc) is 2.55. The summed E-state index contributed by atoms with van der Waals surface area (Å²) in [6.07, 6.45) is 0. The zero-order valence-corrected chi connectivity index (χ0v) is 14.0. The lowest BCUT2D eigenvalue weighted by Gasteiger charge is -2.22. The molecule has 0 spiro atoms. The number of benzene rings is 2. The first kappa shape index (κ1) is 16.9. The number of hydrogen-bond acceptors (Lipinski definition) is 2. The molecule has 0 heterocycles. The van der Waals surface area contributed by atoms with E-state index < -0.39 is 0 Å². The van der Waals surface area contributed by atoms with E-state index in [2.05, 4.69) is 5.32 Å². The molecule has 4 nitrogen and oxygen atoms in total. The van der Waals surface area contributed by atoms with Crippen LogP contribution in [0.5, 0.6) is 5.75 Å². The summed E-state index contributed by atoms with van der Waals surface area (Å²) in [4.78, 5) is 14.2. The molecule has 0 radical (unpaired) electrons. The summed E-state index contributed by atoms with van der Waals surface area (Å²) in [5.74, 6) is 0.845. The van der Waals surface area contributed by atoms with Crippen LogP contribution < -0.4 is 15.0 Å². The first-order chi connectivity index (χ1) is 11.1. The van der Waals surface area contributed by atoms with E-state index in [0.29, 0.717) is 19.7 Å². The van der Waals surface area contributed by atoms with Crippen molar-refractivity contribution < 1.29 is 9.53 Å². The Labute approximate surface area is 138 Å². The van der Waals surface area contributed by atoms with Crippen LogP contribution in [0.15, 0.2) is 48.5 Å². The van der Waals surface area contributed by atoms with Crippen LogP contribution in [-0.2, 0) is 6.54 Å². The minimum absolute atomic E-state index is 0.0908. The van der Waals surface area contributed by atoms with Gasteiger partial charge >= 0.3 is 6.03 Å². The van der Waals surface area contributed by atoms with Crippen LogP contribution in [0.3, 0.4) is 0 Å². The third-order valence-corrected chi connectivity index (χ3v) is 3.55. The van der Waals surface area contributed by atoms with E-state index in [9.17, 15) is 4.79 Å². The number of hydrogen-bond donors (Lipinski definition) is 1. The number of anilines is 1. The topological polar surface area (TPSA) is 41.6 Å². The molecule has 0 aromatic heterocycles. The van der Waals surface area contributed by atoms with E-state index >= 15 is 0 Å². The molecule has 2 amide bonds. The first-order valence-corrected chi connectivity index (χ1v) is 7.97. The summed E-state index contributed by atoms with van der Waals surface area (Å²) in [7, 11) is 0. The zero-order chi connectivity index (χ0) is 16.7. The van der Waals surface area contributed by atoms with Gasteiger partial charge in [0.2, 0.25) is 0 Å². The number of nitrogens with one attached hydrogen (secondary N) is 1. The van der Waals surface area contributed by atoms with Gasteiger partial charge in [0.1, 0.15) is 5.75 Å². The summed E-state index contributed by atoms with van der Waals surface area (Å²) < 4.78 is 5.42. The Hall–Kier alpha value is -2.49. The van der Waals surface area contributed by atoms with E-state index in [4.69, 9.17) is 4.74 Å². The quantitative estimate of drug-likeness (QED) is 0.871. The van der Waals surface area contributed by atoms with Crippen LogP contribution >= 0.6 is 0 Å². The van der Waals surface area contributed by atoms with E-state index in [-0.39, 0.29) is 6.03 Å². The van der Waals surface area contributed by atoms with Gasteiger partial charge < -0.3 is 10.1 Å². The van der Waals surface area contributed by atoms with Crippen molar-refractivity contribution in [1.29, 1.82) is 0 Å². The maximum Gasteiger partial charge on any atom is 0.322 e. The zero-order valence-electron chi connectivity index (χ0n) is 14.0. The molecule has 0 unspecified atom stereocenters. The van der Waals surface area contributed by atoms with Gasteiger partial charge in [0.25, 0.3) is 0 Å². The number of nitrogens with zero attached hydrogens (tertiary/aromatic N) is 1. The number of rotatable bonds is 6. The van der Waals surface area contributed by atoms with Gasteiger partial charge in [-0.05, 0) is 56.2 Å². The van der Waals surface area contributed by atoms with Crippen LogP contribution in [0.2, 0.25) is 0 Å².